The molecule has 2 heteroatoms. The van der Waals surface area contributed by atoms with Crippen molar-refractivity contribution in [2.24, 2.45) is 4.99 Å². The van der Waals surface area contributed by atoms with Gasteiger partial charge in [-0.05, 0) is 27.3 Å². The predicted molar refractivity (Wildman–Crippen MR) is 103 cm³/mol. The number of fused-ring (bicyclic) bond motifs is 2. The van der Waals surface area contributed by atoms with E-state index in [0.717, 1.165) is 16.3 Å². The third kappa shape index (κ3) is 2.63. The SMILES string of the molecule is CC(c1ccc2ccccc2c1N=C=O)c1cccc2ccccc12. The van der Waals surface area contributed by atoms with Crippen LogP contribution >= 0.6 is 0 Å². The molecule has 0 aliphatic rings. The molecule has 0 N–H and O–H groups in total. The van der Waals surface area contributed by atoms with Gasteiger partial charge >= 0.3 is 0 Å². The first-order valence-electron chi connectivity index (χ1n) is 8.37. The highest BCUT2D eigenvalue weighted by molar-refractivity contribution is 5.96. The van der Waals surface area contributed by atoms with Crippen LogP contribution in [0.5, 0.6) is 0 Å². The maximum Gasteiger partial charge on any atom is 0.240 e. The van der Waals surface area contributed by atoms with Crippen molar-refractivity contribution in [1.82, 2.24) is 0 Å². The zero-order chi connectivity index (χ0) is 17.2. The molecule has 0 amide bonds. The molecule has 0 radical (unpaired) electrons. The van der Waals surface area contributed by atoms with E-state index in [9.17, 15) is 4.79 Å². The van der Waals surface area contributed by atoms with Gasteiger partial charge in [0.2, 0.25) is 6.08 Å². The van der Waals surface area contributed by atoms with E-state index in [-0.39, 0.29) is 5.92 Å². The van der Waals surface area contributed by atoms with Crippen molar-refractivity contribution in [3.63, 3.8) is 0 Å². The lowest BCUT2D eigenvalue weighted by molar-refractivity contribution is 0.565. The largest absolute Gasteiger partial charge is 0.240 e. The van der Waals surface area contributed by atoms with Crippen LogP contribution in [0.4, 0.5) is 5.69 Å². The zero-order valence-corrected chi connectivity index (χ0v) is 13.9. The van der Waals surface area contributed by atoms with Gasteiger partial charge in [0.05, 0.1) is 5.69 Å². The summed E-state index contributed by atoms with van der Waals surface area (Å²) in [6, 6.07) is 26.9. The molecule has 0 fully saturated rings. The maximum absolute atomic E-state index is 11.0. The Balaban J connectivity index is 1.97. The van der Waals surface area contributed by atoms with Crippen molar-refractivity contribution < 1.29 is 4.79 Å². The summed E-state index contributed by atoms with van der Waals surface area (Å²) in [7, 11) is 0. The van der Waals surface area contributed by atoms with Gasteiger partial charge in [0.15, 0.2) is 0 Å². The highest BCUT2D eigenvalue weighted by atomic mass is 16.1. The number of nitrogens with zero attached hydrogens (tertiary/aromatic N) is 1. The summed E-state index contributed by atoms with van der Waals surface area (Å²) in [6.07, 6.45) is 1.74. The van der Waals surface area contributed by atoms with Crippen LogP contribution in [0.15, 0.2) is 83.9 Å². The molecule has 0 aliphatic carbocycles. The van der Waals surface area contributed by atoms with Gasteiger partial charge in [-0.3, -0.25) is 0 Å². The molecule has 0 bridgehead atoms. The van der Waals surface area contributed by atoms with Gasteiger partial charge in [-0.15, -0.1) is 0 Å². The summed E-state index contributed by atoms with van der Waals surface area (Å²) < 4.78 is 0. The standard InChI is InChI=1S/C23H17NO/c1-16(19-12-6-9-17-7-2-4-10-21(17)19)20-14-13-18-8-3-5-11-22(18)23(20)24-15-25/h2-14,16H,1H3. The maximum atomic E-state index is 11.0. The van der Waals surface area contributed by atoms with E-state index in [1.807, 2.05) is 24.3 Å². The van der Waals surface area contributed by atoms with Gasteiger partial charge in [-0.1, -0.05) is 85.8 Å². The fourth-order valence-corrected chi connectivity index (χ4v) is 3.59. The van der Waals surface area contributed by atoms with Crippen molar-refractivity contribution >= 4 is 33.3 Å². The number of rotatable bonds is 3. The number of benzene rings is 4. The molecular weight excluding hydrogens is 306 g/mol. The molecule has 0 aromatic heterocycles. The Morgan fingerprint density at radius 3 is 2.12 bits per heavy atom. The minimum Gasteiger partial charge on any atom is -0.211 e. The number of hydrogen-bond acceptors (Lipinski definition) is 2. The van der Waals surface area contributed by atoms with E-state index < -0.39 is 0 Å². The van der Waals surface area contributed by atoms with E-state index in [1.165, 1.54) is 16.3 Å². The Bertz CT molecular complexity index is 1120. The van der Waals surface area contributed by atoms with Crippen LogP contribution in [0.25, 0.3) is 21.5 Å². The predicted octanol–water partition coefficient (Wildman–Crippen LogP) is 6.11. The van der Waals surface area contributed by atoms with Gasteiger partial charge in [-0.25, -0.2) is 4.79 Å². The Kier molecular flexibility index (Phi) is 3.89. The Hall–Kier alpha value is -3.22. The molecule has 0 saturated carbocycles. The molecule has 1 atom stereocenters. The molecule has 25 heavy (non-hydrogen) atoms. The second-order valence-electron chi connectivity index (χ2n) is 6.22. The monoisotopic (exact) mass is 323 g/mol. The normalized spacial score (nSPS) is 12.0. The second-order valence-corrected chi connectivity index (χ2v) is 6.22. The van der Waals surface area contributed by atoms with E-state index in [4.69, 9.17) is 0 Å². The zero-order valence-electron chi connectivity index (χ0n) is 13.9. The Morgan fingerprint density at radius 1 is 0.720 bits per heavy atom. The van der Waals surface area contributed by atoms with Crippen LogP contribution in [-0.2, 0) is 4.79 Å². The summed E-state index contributed by atoms with van der Waals surface area (Å²) >= 11 is 0. The molecule has 1 unspecified atom stereocenters. The highest BCUT2D eigenvalue weighted by Gasteiger charge is 2.17. The van der Waals surface area contributed by atoms with Crippen molar-refractivity contribution in [1.29, 1.82) is 0 Å². The Morgan fingerprint density at radius 2 is 1.36 bits per heavy atom. The number of hydrogen-bond donors (Lipinski definition) is 0. The first kappa shape index (κ1) is 15.3. The van der Waals surface area contributed by atoms with Crippen LogP contribution in [0.2, 0.25) is 0 Å². The van der Waals surface area contributed by atoms with Gasteiger partial charge < -0.3 is 0 Å². The molecular formula is C23H17NO. The minimum absolute atomic E-state index is 0.114. The van der Waals surface area contributed by atoms with Crippen LogP contribution in [-0.4, -0.2) is 6.08 Å². The smallest absolute Gasteiger partial charge is 0.211 e. The van der Waals surface area contributed by atoms with E-state index >= 15 is 0 Å². The quantitative estimate of drug-likeness (QED) is 0.330. The first-order valence-corrected chi connectivity index (χ1v) is 8.37. The third-order valence-corrected chi connectivity index (χ3v) is 4.85. The highest BCUT2D eigenvalue weighted by Crippen LogP contribution is 2.39. The summed E-state index contributed by atoms with van der Waals surface area (Å²) in [5.74, 6) is 0.114. The summed E-state index contributed by atoms with van der Waals surface area (Å²) in [4.78, 5) is 15.1. The van der Waals surface area contributed by atoms with Crippen molar-refractivity contribution in [3.8, 4) is 0 Å². The van der Waals surface area contributed by atoms with Crippen LogP contribution < -0.4 is 0 Å². The average molecular weight is 323 g/mol. The number of carbonyl (C=O) groups excluding carboxylic acids is 1. The van der Waals surface area contributed by atoms with Crippen molar-refractivity contribution in [2.75, 3.05) is 0 Å². The summed E-state index contributed by atoms with van der Waals surface area (Å²) in [6.45, 7) is 2.16. The fraction of sp³-hybridized carbons (Fsp3) is 0.0870. The first-order chi connectivity index (χ1) is 12.3. The van der Waals surface area contributed by atoms with E-state index in [1.54, 1.807) is 6.08 Å². The van der Waals surface area contributed by atoms with Crippen molar-refractivity contribution in [2.45, 2.75) is 12.8 Å². The minimum atomic E-state index is 0.114. The third-order valence-electron chi connectivity index (χ3n) is 4.85. The molecule has 0 aliphatic heterocycles. The van der Waals surface area contributed by atoms with Gasteiger partial charge in [0, 0.05) is 11.3 Å². The lowest BCUT2D eigenvalue weighted by Crippen LogP contribution is -1.98. The Labute approximate surface area is 146 Å². The molecule has 120 valence electrons. The second kappa shape index (κ2) is 6.35. The lowest BCUT2D eigenvalue weighted by Gasteiger charge is -2.18. The van der Waals surface area contributed by atoms with Crippen LogP contribution in [0.3, 0.4) is 0 Å². The topological polar surface area (TPSA) is 29.4 Å². The van der Waals surface area contributed by atoms with E-state index in [2.05, 4.69) is 66.5 Å². The van der Waals surface area contributed by atoms with Crippen LogP contribution in [0.1, 0.15) is 24.0 Å². The summed E-state index contributed by atoms with van der Waals surface area (Å²) in [5.41, 5.74) is 2.99. The van der Waals surface area contributed by atoms with E-state index in [0.29, 0.717) is 5.69 Å². The molecule has 0 saturated heterocycles. The van der Waals surface area contributed by atoms with Crippen molar-refractivity contribution in [3.05, 3.63) is 90.0 Å². The number of aliphatic imine (C=N–C) groups is 1. The number of isocyanates is 1. The molecule has 0 heterocycles. The molecule has 4 rings (SSSR count). The van der Waals surface area contributed by atoms with Gasteiger partial charge in [-0.2, -0.15) is 4.99 Å². The fourth-order valence-electron chi connectivity index (χ4n) is 3.59. The van der Waals surface area contributed by atoms with Gasteiger partial charge in [0.25, 0.3) is 0 Å². The lowest BCUT2D eigenvalue weighted by atomic mass is 9.87. The molecule has 4 aromatic rings. The molecule has 2 nitrogen and oxygen atoms in total. The van der Waals surface area contributed by atoms with Gasteiger partial charge in [0.1, 0.15) is 0 Å². The average Bonchev–Trinajstić information content (AvgIpc) is 2.67. The summed E-state index contributed by atoms with van der Waals surface area (Å²) in [5, 5.41) is 4.50. The molecule has 4 aromatic carbocycles. The molecule has 0 spiro atoms. The van der Waals surface area contributed by atoms with Crippen LogP contribution in [0, 0.1) is 0 Å².